The summed E-state index contributed by atoms with van der Waals surface area (Å²) < 4.78 is 11.4. The number of fused-ring (bicyclic) bond motifs is 1. The summed E-state index contributed by atoms with van der Waals surface area (Å²) in [4.78, 5) is 0. The van der Waals surface area contributed by atoms with Crippen molar-refractivity contribution in [2.45, 2.75) is 26.0 Å². The summed E-state index contributed by atoms with van der Waals surface area (Å²) in [7, 11) is 1.63. The van der Waals surface area contributed by atoms with Gasteiger partial charge < -0.3 is 9.47 Å². The Hall–Kier alpha value is -2.20. The van der Waals surface area contributed by atoms with Crippen LogP contribution in [-0.4, -0.2) is 18.4 Å². The number of hydrogen-bond donors (Lipinski definition) is 1. The standard InChI is InChI=1S/C17H19NO3/c1-11-8-9-16-14(10-11)18(19)17(12(2)21-16)13-6-4-5-7-15(13)20-3/h4-10,12,17,19H,1-3H3. The number of ether oxygens (including phenoxy) is 2. The zero-order chi connectivity index (χ0) is 15.0. The van der Waals surface area contributed by atoms with Gasteiger partial charge in [-0.1, -0.05) is 24.3 Å². The molecule has 2 aromatic carbocycles. The summed E-state index contributed by atoms with van der Waals surface area (Å²) in [5, 5.41) is 12.0. The van der Waals surface area contributed by atoms with Crippen molar-refractivity contribution in [2.24, 2.45) is 0 Å². The number of hydrogen-bond acceptors (Lipinski definition) is 4. The minimum absolute atomic E-state index is 0.193. The summed E-state index contributed by atoms with van der Waals surface area (Å²) in [5.74, 6) is 1.44. The van der Waals surface area contributed by atoms with E-state index < -0.39 is 0 Å². The molecule has 1 heterocycles. The molecule has 0 fully saturated rings. The number of para-hydroxylation sites is 1. The van der Waals surface area contributed by atoms with Gasteiger partial charge in [0.15, 0.2) is 0 Å². The maximum Gasteiger partial charge on any atom is 0.145 e. The molecule has 2 aromatic rings. The molecule has 2 unspecified atom stereocenters. The van der Waals surface area contributed by atoms with E-state index in [0.29, 0.717) is 11.4 Å². The fourth-order valence-corrected chi connectivity index (χ4v) is 2.81. The largest absolute Gasteiger partial charge is 0.496 e. The smallest absolute Gasteiger partial charge is 0.145 e. The van der Waals surface area contributed by atoms with E-state index in [2.05, 4.69) is 0 Å². The molecule has 1 aliphatic heterocycles. The lowest BCUT2D eigenvalue weighted by molar-refractivity contribution is 0.0934. The quantitative estimate of drug-likeness (QED) is 0.913. The first-order valence-electron chi connectivity index (χ1n) is 7.00. The number of benzene rings is 2. The van der Waals surface area contributed by atoms with E-state index in [4.69, 9.17) is 9.47 Å². The van der Waals surface area contributed by atoms with Gasteiger partial charge in [-0.05, 0) is 37.6 Å². The lowest BCUT2D eigenvalue weighted by Gasteiger charge is -2.39. The molecule has 0 radical (unpaired) electrons. The van der Waals surface area contributed by atoms with Crippen LogP contribution in [-0.2, 0) is 0 Å². The number of anilines is 1. The van der Waals surface area contributed by atoms with Gasteiger partial charge in [0, 0.05) is 5.56 Å². The highest BCUT2D eigenvalue weighted by Crippen LogP contribution is 2.43. The third kappa shape index (κ3) is 2.32. The minimum atomic E-state index is -0.310. The first-order valence-corrected chi connectivity index (χ1v) is 7.00. The lowest BCUT2D eigenvalue weighted by atomic mass is 9.98. The number of aryl methyl sites for hydroxylation is 1. The van der Waals surface area contributed by atoms with Gasteiger partial charge >= 0.3 is 0 Å². The maximum atomic E-state index is 10.7. The highest BCUT2D eigenvalue weighted by molar-refractivity contribution is 5.62. The van der Waals surface area contributed by atoms with Crippen molar-refractivity contribution in [1.29, 1.82) is 0 Å². The van der Waals surface area contributed by atoms with Crippen molar-refractivity contribution < 1.29 is 14.7 Å². The normalized spacial score (nSPS) is 20.7. The van der Waals surface area contributed by atoms with Crippen molar-refractivity contribution in [3.8, 4) is 11.5 Å². The Morgan fingerprint density at radius 1 is 1.19 bits per heavy atom. The third-order valence-corrected chi connectivity index (χ3v) is 3.84. The number of methoxy groups -OCH3 is 1. The molecule has 0 saturated carbocycles. The van der Waals surface area contributed by atoms with Crippen LogP contribution in [0.2, 0.25) is 0 Å². The van der Waals surface area contributed by atoms with Crippen LogP contribution in [0.4, 0.5) is 5.69 Å². The summed E-state index contributed by atoms with van der Waals surface area (Å²) >= 11 is 0. The van der Waals surface area contributed by atoms with Crippen molar-refractivity contribution in [3.05, 3.63) is 53.6 Å². The SMILES string of the molecule is COc1ccccc1C1C(C)Oc2ccc(C)cc2N1O. The molecule has 0 aromatic heterocycles. The molecule has 0 spiro atoms. The molecule has 0 saturated heterocycles. The van der Waals surface area contributed by atoms with Crippen molar-refractivity contribution in [3.63, 3.8) is 0 Å². The fraction of sp³-hybridized carbons (Fsp3) is 0.294. The predicted octanol–water partition coefficient (Wildman–Crippen LogP) is 3.72. The van der Waals surface area contributed by atoms with Crippen molar-refractivity contribution in [2.75, 3.05) is 12.2 Å². The zero-order valence-electron chi connectivity index (χ0n) is 12.4. The Bertz CT molecular complexity index is 656. The molecule has 0 aliphatic carbocycles. The van der Waals surface area contributed by atoms with Gasteiger partial charge in [-0.25, -0.2) is 5.06 Å². The molecular formula is C17H19NO3. The maximum absolute atomic E-state index is 10.7. The molecule has 1 aliphatic rings. The Kier molecular flexibility index (Phi) is 3.47. The Labute approximate surface area is 124 Å². The van der Waals surface area contributed by atoms with E-state index in [1.54, 1.807) is 7.11 Å². The molecule has 0 bridgehead atoms. The van der Waals surface area contributed by atoms with Gasteiger partial charge in [-0.2, -0.15) is 0 Å². The van der Waals surface area contributed by atoms with Crippen LogP contribution in [0.25, 0.3) is 0 Å². The molecule has 4 heteroatoms. The lowest BCUT2D eigenvalue weighted by Crippen LogP contribution is -2.40. The Morgan fingerprint density at radius 2 is 1.95 bits per heavy atom. The highest BCUT2D eigenvalue weighted by atomic mass is 16.5. The average Bonchev–Trinajstić information content (AvgIpc) is 2.49. The van der Waals surface area contributed by atoms with Crippen LogP contribution in [0.15, 0.2) is 42.5 Å². The van der Waals surface area contributed by atoms with Crippen LogP contribution in [0, 0.1) is 6.92 Å². The van der Waals surface area contributed by atoms with E-state index in [1.165, 1.54) is 5.06 Å². The van der Waals surface area contributed by atoms with Gasteiger partial charge in [0.1, 0.15) is 29.3 Å². The number of hydroxylamine groups is 1. The minimum Gasteiger partial charge on any atom is -0.496 e. The molecule has 21 heavy (non-hydrogen) atoms. The first kappa shape index (κ1) is 13.8. The van der Waals surface area contributed by atoms with Crippen LogP contribution in [0.1, 0.15) is 24.1 Å². The fourth-order valence-electron chi connectivity index (χ4n) is 2.81. The van der Waals surface area contributed by atoms with Crippen LogP contribution in [0.5, 0.6) is 11.5 Å². The molecular weight excluding hydrogens is 266 g/mol. The van der Waals surface area contributed by atoms with Gasteiger partial charge in [0.05, 0.1) is 7.11 Å². The van der Waals surface area contributed by atoms with Crippen LogP contribution >= 0.6 is 0 Å². The zero-order valence-corrected chi connectivity index (χ0v) is 12.4. The summed E-state index contributed by atoms with van der Waals surface area (Å²) in [6.07, 6.45) is -0.193. The summed E-state index contributed by atoms with van der Waals surface area (Å²) in [6.45, 7) is 3.94. The molecule has 0 amide bonds. The van der Waals surface area contributed by atoms with E-state index in [0.717, 1.165) is 16.9 Å². The molecule has 2 atom stereocenters. The summed E-state index contributed by atoms with van der Waals surface area (Å²) in [6, 6.07) is 13.2. The highest BCUT2D eigenvalue weighted by Gasteiger charge is 2.35. The second-order valence-corrected chi connectivity index (χ2v) is 5.33. The van der Waals surface area contributed by atoms with Gasteiger partial charge in [0.2, 0.25) is 0 Å². The van der Waals surface area contributed by atoms with Crippen LogP contribution < -0.4 is 14.5 Å². The van der Waals surface area contributed by atoms with Gasteiger partial charge in [-0.15, -0.1) is 0 Å². The average molecular weight is 285 g/mol. The first-order chi connectivity index (χ1) is 10.1. The Balaban J connectivity index is 2.07. The third-order valence-electron chi connectivity index (χ3n) is 3.84. The second kappa shape index (κ2) is 5.30. The monoisotopic (exact) mass is 285 g/mol. The summed E-state index contributed by atoms with van der Waals surface area (Å²) in [5.41, 5.74) is 2.66. The topological polar surface area (TPSA) is 41.9 Å². The predicted molar refractivity (Wildman–Crippen MR) is 81.3 cm³/mol. The number of nitrogens with zero attached hydrogens (tertiary/aromatic N) is 1. The van der Waals surface area contributed by atoms with Gasteiger partial charge in [0.25, 0.3) is 0 Å². The molecule has 1 N–H and O–H groups in total. The molecule has 3 rings (SSSR count). The Morgan fingerprint density at radius 3 is 2.71 bits per heavy atom. The number of rotatable bonds is 2. The van der Waals surface area contributed by atoms with Crippen molar-refractivity contribution in [1.82, 2.24) is 0 Å². The van der Waals surface area contributed by atoms with E-state index in [-0.39, 0.29) is 12.1 Å². The van der Waals surface area contributed by atoms with E-state index in [9.17, 15) is 5.21 Å². The van der Waals surface area contributed by atoms with E-state index >= 15 is 0 Å². The van der Waals surface area contributed by atoms with E-state index in [1.807, 2.05) is 56.3 Å². The second-order valence-electron chi connectivity index (χ2n) is 5.33. The van der Waals surface area contributed by atoms with Gasteiger partial charge in [-0.3, -0.25) is 5.21 Å². The molecule has 4 nitrogen and oxygen atoms in total. The molecule has 110 valence electrons. The van der Waals surface area contributed by atoms with Crippen LogP contribution in [0.3, 0.4) is 0 Å². The van der Waals surface area contributed by atoms with Crippen molar-refractivity contribution >= 4 is 5.69 Å².